The second-order valence-corrected chi connectivity index (χ2v) is 2.83. The van der Waals surface area contributed by atoms with Crippen molar-refractivity contribution in [3.63, 3.8) is 0 Å². The lowest BCUT2D eigenvalue weighted by molar-refractivity contribution is -0.143. The predicted molar refractivity (Wildman–Crippen MR) is 49.5 cm³/mol. The monoisotopic (exact) mass is 229 g/mol. The Morgan fingerprint density at radius 1 is 1.50 bits per heavy atom. The molecule has 0 saturated carbocycles. The van der Waals surface area contributed by atoms with Gasteiger partial charge in [0.15, 0.2) is 5.82 Å². The molecule has 88 valence electrons. The van der Waals surface area contributed by atoms with E-state index in [-0.39, 0.29) is 12.5 Å². The van der Waals surface area contributed by atoms with Gasteiger partial charge in [-0.3, -0.25) is 4.79 Å². The molecular formula is C8H11N3O5. The van der Waals surface area contributed by atoms with Crippen LogP contribution in [0.3, 0.4) is 0 Å². The molecule has 0 saturated heterocycles. The van der Waals surface area contributed by atoms with E-state index in [1.54, 1.807) is 0 Å². The molecule has 0 atom stereocenters. The van der Waals surface area contributed by atoms with Gasteiger partial charge in [-0.1, -0.05) is 5.16 Å². The van der Waals surface area contributed by atoms with Gasteiger partial charge in [-0.05, 0) is 0 Å². The summed E-state index contributed by atoms with van der Waals surface area (Å²) in [6, 6.07) is 0. The first-order chi connectivity index (χ1) is 7.68. The number of aliphatic carboxylic acids is 1. The number of carboxylic acid groups (broad SMARTS) is 1. The van der Waals surface area contributed by atoms with Crippen LogP contribution in [0.4, 0.5) is 0 Å². The second kappa shape index (κ2) is 6.51. The highest BCUT2D eigenvalue weighted by Gasteiger charge is 2.04. The maximum Gasteiger partial charge on any atom is 0.329 e. The van der Waals surface area contributed by atoms with E-state index < -0.39 is 12.6 Å². The zero-order chi connectivity index (χ0) is 11.8. The molecule has 1 rings (SSSR count). The van der Waals surface area contributed by atoms with Crippen LogP contribution in [0.2, 0.25) is 0 Å². The number of amides is 1. The van der Waals surface area contributed by atoms with Crippen LogP contribution in [0.5, 0.6) is 0 Å². The Morgan fingerprint density at radius 3 is 2.94 bits per heavy atom. The van der Waals surface area contributed by atoms with Crippen LogP contribution in [-0.4, -0.2) is 46.9 Å². The zero-order valence-electron chi connectivity index (χ0n) is 8.38. The van der Waals surface area contributed by atoms with Crippen LogP contribution in [0.25, 0.3) is 0 Å². The number of ether oxygens (including phenoxy) is 1. The van der Waals surface area contributed by atoms with Gasteiger partial charge >= 0.3 is 5.97 Å². The van der Waals surface area contributed by atoms with E-state index in [9.17, 15) is 9.59 Å². The average Bonchev–Trinajstić information content (AvgIpc) is 2.70. The molecule has 2 N–H and O–H groups in total. The minimum Gasteiger partial charge on any atom is -0.480 e. The van der Waals surface area contributed by atoms with Gasteiger partial charge in [0.2, 0.25) is 12.3 Å². The molecule has 0 aliphatic carbocycles. The molecule has 0 bridgehead atoms. The average molecular weight is 229 g/mol. The molecule has 1 heterocycles. The van der Waals surface area contributed by atoms with Crippen LogP contribution in [0.15, 0.2) is 10.9 Å². The summed E-state index contributed by atoms with van der Waals surface area (Å²) < 4.78 is 9.08. The standard InChI is InChI=1S/C8H11N3O5/c12-7(3-15-4-8(13)14)9-2-1-6-10-5-16-11-6/h5H,1-4H2,(H,9,12)(H,13,14). The molecular weight excluding hydrogens is 218 g/mol. The number of rotatable bonds is 7. The van der Waals surface area contributed by atoms with Crippen LogP contribution in [-0.2, 0) is 20.7 Å². The van der Waals surface area contributed by atoms with Crippen molar-refractivity contribution >= 4 is 11.9 Å². The summed E-state index contributed by atoms with van der Waals surface area (Å²) in [5.41, 5.74) is 0. The molecule has 0 spiro atoms. The molecule has 16 heavy (non-hydrogen) atoms. The lowest BCUT2D eigenvalue weighted by atomic mass is 10.4. The maximum absolute atomic E-state index is 11.1. The summed E-state index contributed by atoms with van der Waals surface area (Å²) in [4.78, 5) is 24.9. The molecule has 0 aliphatic heterocycles. The number of hydrogen-bond acceptors (Lipinski definition) is 6. The maximum atomic E-state index is 11.1. The zero-order valence-corrected chi connectivity index (χ0v) is 8.38. The van der Waals surface area contributed by atoms with Crippen molar-refractivity contribution in [2.75, 3.05) is 19.8 Å². The predicted octanol–water partition coefficient (Wildman–Crippen LogP) is -1.17. The molecule has 1 amide bonds. The Balaban J connectivity index is 2.04. The molecule has 0 fully saturated rings. The molecule has 0 aromatic carbocycles. The molecule has 8 nitrogen and oxygen atoms in total. The van der Waals surface area contributed by atoms with E-state index in [1.807, 2.05) is 0 Å². The fraction of sp³-hybridized carbons (Fsp3) is 0.500. The molecule has 8 heteroatoms. The van der Waals surface area contributed by atoms with E-state index >= 15 is 0 Å². The van der Waals surface area contributed by atoms with Crippen molar-refractivity contribution in [1.82, 2.24) is 15.5 Å². The Labute approximate surface area is 90.6 Å². The minimum atomic E-state index is -1.11. The van der Waals surface area contributed by atoms with E-state index in [0.29, 0.717) is 18.8 Å². The van der Waals surface area contributed by atoms with Crippen LogP contribution in [0.1, 0.15) is 5.82 Å². The van der Waals surface area contributed by atoms with Crippen molar-refractivity contribution in [3.05, 3.63) is 12.2 Å². The summed E-state index contributed by atoms with van der Waals surface area (Å²) in [6.45, 7) is -0.425. The highest BCUT2D eigenvalue weighted by atomic mass is 16.5. The first-order valence-corrected chi connectivity index (χ1v) is 4.50. The normalized spacial score (nSPS) is 10.0. The van der Waals surface area contributed by atoms with Crippen molar-refractivity contribution in [2.45, 2.75) is 6.42 Å². The summed E-state index contributed by atoms with van der Waals surface area (Å²) in [5, 5.41) is 14.3. The number of nitrogens with one attached hydrogen (secondary N) is 1. The number of hydrogen-bond donors (Lipinski definition) is 2. The SMILES string of the molecule is O=C(O)COCC(=O)NCCc1ncon1. The first kappa shape index (κ1) is 12.1. The van der Waals surface area contributed by atoms with E-state index in [1.165, 1.54) is 6.39 Å². The van der Waals surface area contributed by atoms with Gasteiger partial charge in [0.25, 0.3) is 0 Å². The lowest BCUT2D eigenvalue weighted by Gasteiger charge is -2.02. The first-order valence-electron chi connectivity index (χ1n) is 4.50. The topological polar surface area (TPSA) is 115 Å². The van der Waals surface area contributed by atoms with Gasteiger partial charge in [-0.2, -0.15) is 4.98 Å². The van der Waals surface area contributed by atoms with Gasteiger partial charge in [-0.25, -0.2) is 4.79 Å². The van der Waals surface area contributed by atoms with Crippen molar-refractivity contribution in [2.24, 2.45) is 0 Å². The van der Waals surface area contributed by atoms with Crippen LogP contribution in [0, 0.1) is 0 Å². The third-order valence-corrected chi connectivity index (χ3v) is 1.54. The van der Waals surface area contributed by atoms with Crippen molar-refractivity contribution in [1.29, 1.82) is 0 Å². The van der Waals surface area contributed by atoms with E-state index in [2.05, 4.69) is 24.7 Å². The minimum absolute atomic E-state index is 0.279. The Bertz CT molecular complexity index is 337. The molecule has 0 radical (unpaired) electrons. The number of carbonyl (C=O) groups is 2. The van der Waals surface area contributed by atoms with Gasteiger partial charge in [0, 0.05) is 13.0 Å². The second-order valence-electron chi connectivity index (χ2n) is 2.83. The van der Waals surface area contributed by atoms with E-state index in [0.717, 1.165) is 0 Å². The summed E-state index contributed by atoms with van der Waals surface area (Å²) in [6.07, 6.45) is 1.65. The Hall–Kier alpha value is -1.96. The largest absolute Gasteiger partial charge is 0.480 e. The summed E-state index contributed by atoms with van der Waals surface area (Å²) >= 11 is 0. The third-order valence-electron chi connectivity index (χ3n) is 1.54. The molecule has 0 aliphatic rings. The smallest absolute Gasteiger partial charge is 0.329 e. The number of nitrogens with zero attached hydrogens (tertiary/aromatic N) is 2. The van der Waals surface area contributed by atoms with Gasteiger partial charge < -0.3 is 19.7 Å². The third kappa shape index (κ3) is 5.05. The van der Waals surface area contributed by atoms with E-state index in [4.69, 9.17) is 5.11 Å². The van der Waals surface area contributed by atoms with Crippen LogP contribution < -0.4 is 5.32 Å². The van der Waals surface area contributed by atoms with Gasteiger partial charge in [0.05, 0.1) is 0 Å². The molecule has 0 unspecified atom stereocenters. The van der Waals surface area contributed by atoms with Crippen LogP contribution >= 0.6 is 0 Å². The fourth-order valence-corrected chi connectivity index (χ4v) is 0.898. The highest BCUT2D eigenvalue weighted by molar-refractivity contribution is 5.77. The van der Waals surface area contributed by atoms with Gasteiger partial charge in [0.1, 0.15) is 13.2 Å². The van der Waals surface area contributed by atoms with Crippen molar-refractivity contribution in [3.8, 4) is 0 Å². The summed E-state index contributed by atoms with van der Waals surface area (Å²) in [5.74, 6) is -1.00. The van der Waals surface area contributed by atoms with Crippen molar-refractivity contribution < 1.29 is 24.0 Å². The Kier molecular flexibility index (Phi) is 4.93. The quantitative estimate of drug-likeness (QED) is 0.605. The van der Waals surface area contributed by atoms with Gasteiger partial charge in [-0.15, -0.1) is 0 Å². The summed E-state index contributed by atoms with van der Waals surface area (Å²) in [7, 11) is 0. The lowest BCUT2D eigenvalue weighted by Crippen LogP contribution is -2.30. The number of aromatic nitrogens is 2. The Morgan fingerprint density at radius 2 is 2.31 bits per heavy atom. The highest BCUT2D eigenvalue weighted by Crippen LogP contribution is 1.87. The molecule has 1 aromatic rings. The fourth-order valence-electron chi connectivity index (χ4n) is 0.898. The number of carboxylic acids is 1. The number of carbonyl (C=O) groups excluding carboxylic acids is 1. The molecule has 1 aromatic heterocycles.